The zero-order valence-electron chi connectivity index (χ0n) is 12.7. The minimum Gasteiger partial charge on any atom is -0.374 e. The lowest BCUT2D eigenvalue weighted by Gasteiger charge is -2.24. The Morgan fingerprint density at radius 3 is 2.32 bits per heavy atom. The average molecular weight is 262 g/mol. The van der Waals surface area contributed by atoms with Gasteiger partial charge in [-0.3, -0.25) is 0 Å². The van der Waals surface area contributed by atoms with Gasteiger partial charge in [0.25, 0.3) is 0 Å². The first kappa shape index (κ1) is 13.2. The molecule has 1 fully saturated rings. The Hall–Kier alpha value is -0.830. The molecule has 106 valence electrons. The molecule has 19 heavy (non-hydrogen) atoms. The van der Waals surface area contributed by atoms with E-state index < -0.39 is 0 Å². The molecule has 6 unspecified atom stereocenters. The molecule has 0 amide bonds. The molecule has 1 aliphatic carbocycles. The molecule has 3 nitrogen and oxygen atoms in total. The van der Waals surface area contributed by atoms with Gasteiger partial charge in [-0.25, -0.2) is 4.98 Å². The average Bonchev–Trinajstić information content (AvgIpc) is 2.82. The number of ether oxygens (including phenoxy) is 1. The van der Waals surface area contributed by atoms with Gasteiger partial charge >= 0.3 is 0 Å². The van der Waals surface area contributed by atoms with Crippen LogP contribution in [-0.2, 0) is 17.6 Å². The quantitative estimate of drug-likeness (QED) is 0.843. The molecular formula is C16H26N2O. The van der Waals surface area contributed by atoms with Gasteiger partial charge in [-0.05, 0) is 44.4 Å². The van der Waals surface area contributed by atoms with Gasteiger partial charge in [0.2, 0.25) is 0 Å². The topological polar surface area (TPSA) is 37.9 Å². The number of aromatic amines is 1. The maximum absolute atomic E-state index is 5.95. The lowest BCUT2D eigenvalue weighted by atomic mass is 9.82. The summed E-state index contributed by atoms with van der Waals surface area (Å²) in [5.41, 5.74) is 2.68. The van der Waals surface area contributed by atoms with E-state index in [4.69, 9.17) is 9.72 Å². The Bertz CT molecular complexity index is 440. The minimum atomic E-state index is 0.271. The van der Waals surface area contributed by atoms with E-state index in [1.807, 2.05) is 0 Å². The van der Waals surface area contributed by atoms with Crippen LogP contribution < -0.4 is 0 Å². The van der Waals surface area contributed by atoms with Gasteiger partial charge in [-0.15, -0.1) is 0 Å². The Morgan fingerprint density at radius 1 is 1.00 bits per heavy atom. The van der Waals surface area contributed by atoms with E-state index in [-0.39, 0.29) is 6.10 Å². The van der Waals surface area contributed by atoms with E-state index in [2.05, 4.69) is 39.6 Å². The van der Waals surface area contributed by atoms with Crippen LogP contribution in [0.15, 0.2) is 0 Å². The first-order chi connectivity index (χ1) is 8.97. The van der Waals surface area contributed by atoms with Crippen molar-refractivity contribution in [1.82, 2.24) is 9.97 Å². The zero-order chi connectivity index (χ0) is 13.7. The Morgan fingerprint density at radius 2 is 1.68 bits per heavy atom. The van der Waals surface area contributed by atoms with Crippen LogP contribution in [0.4, 0.5) is 0 Å². The molecule has 0 bridgehead atoms. The van der Waals surface area contributed by atoms with Crippen molar-refractivity contribution < 1.29 is 4.74 Å². The van der Waals surface area contributed by atoms with Gasteiger partial charge in [-0.1, -0.05) is 20.8 Å². The molecule has 6 atom stereocenters. The molecule has 1 aliphatic heterocycles. The highest BCUT2D eigenvalue weighted by Gasteiger charge is 2.40. The Balaban J connectivity index is 1.89. The van der Waals surface area contributed by atoms with Gasteiger partial charge in [0.1, 0.15) is 5.82 Å². The highest BCUT2D eigenvalue weighted by Crippen LogP contribution is 2.40. The van der Waals surface area contributed by atoms with Crippen LogP contribution in [0.3, 0.4) is 0 Å². The molecule has 2 aliphatic rings. The molecule has 0 aromatic carbocycles. The summed E-state index contributed by atoms with van der Waals surface area (Å²) in [4.78, 5) is 8.53. The lowest BCUT2D eigenvalue weighted by molar-refractivity contribution is 0.0553. The molecule has 0 saturated carbocycles. The van der Waals surface area contributed by atoms with E-state index in [1.54, 1.807) is 0 Å². The molecule has 3 rings (SSSR count). The van der Waals surface area contributed by atoms with Crippen molar-refractivity contribution in [3.05, 3.63) is 17.2 Å². The van der Waals surface area contributed by atoms with E-state index in [0.717, 1.165) is 30.5 Å². The van der Waals surface area contributed by atoms with Gasteiger partial charge in [0, 0.05) is 11.6 Å². The smallest absolute Gasteiger partial charge is 0.112 e. The monoisotopic (exact) mass is 262 g/mol. The van der Waals surface area contributed by atoms with Crippen molar-refractivity contribution in [3.63, 3.8) is 0 Å². The number of H-pyrrole nitrogens is 1. The van der Waals surface area contributed by atoms with E-state index >= 15 is 0 Å². The molecule has 0 spiro atoms. The van der Waals surface area contributed by atoms with Crippen molar-refractivity contribution in [2.75, 3.05) is 0 Å². The maximum Gasteiger partial charge on any atom is 0.112 e. The maximum atomic E-state index is 5.95. The van der Waals surface area contributed by atoms with Gasteiger partial charge in [0.15, 0.2) is 0 Å². The molecule has 2 heterocycles. The number of rotatable bonds is 1. The predicted molar refractivity (Wildman–Crippen MR) is 76.2 cm³/mol. The van der Waals surface area contributed by atoms with Crippen LogP contribution in [0.2, 0.25) is 0 Å². The third-order valence-corrected chi connectivity index (χ3v) is 5.45. The normalized spacial score (nSPS) is 42.4. The van der Waals surface area contributed by atoms with Crippen LogP contribution in [-0.4, -0.2) is 22.2 Å². The standard InChI is InChI=1S/C16H26N2O/c1-8-6-13-14(7-9(8)2)18-16(17-13)15-10(3)11(4)19-12(15)5/h8-12,15H,6-7H2,1-5H3,(H,17,18). The summed E-state index contributed by atoms with van der Waals surface area (Å²) in [5, 5.41) is 0. The zero-order valence-corrected chi connectivity index (χ0v) is 12.7. The second-order valence-electron chi connectivity index (χ2n) is 6.84. The van der Waals surface area contributed by atoms with E-state index in [0.29, 0.717) is 17.9 Å². The fourth-order valence-corrected chi connectivity index (χ4v) is 3.73. The summed E-state index contributed by atoms with van der Waals surface area (Å²) >= 11 is 0. The molecule has 1 aromatic heterocycles. The number of hydrogen-bond acceptors (Lipinski definition) is 2. The summed E-state index contributed by atoms with van der Waals surface area (Å²) in [6, 6.07) is 0. The number of hydrogen-bond donors (Lipinski definition) is 1. The van der Waals surface area contributed by atoms with Crippen molar-refractivity contribution in [3.8, 4) is 0 Å². The SMILES string of the molecule is CC1Cc2nc(C3C(C)OC(C)C3C)[nH]c2CC1C. The number of nitrogens with zero attached hydrogens (tertiary/aromatic N) is 1. The van der Waals surface area contributed by atoms with Crippen LogP contribution in [0, 0.1) is 17.8 Å². The Labute approximate surface area is 116 Å². The summed E-state index contributed by atoms with van der Waals surface area (Å²) in [6.45, 7) is 11.3. The van der Waals surface area contributed by atoms with Crippen molar-refractivity contribution in [2.24, 2.45) is 17.8 Å². The van der Waals surface area contributed by atoms with Gasteiger partial charge < -0.3 is 9.72 Å². The third kappa shape index (κ3) is 2.12. The molecule has 3 heteroatoms. The van der Waals surface area contributed by atoms with Crippen LogP contribution in [0.25, 0.3) is 0 Å². The van der Waals surface area contributed by atoms with Crippen molar-refractivity contribution in [2.45, 2.75) is 65.6 Å². The van der Waals surface area contributed by atoms with Crippen LogP contribution >= 0.6 is 0 Å². The number of aromatic nitrogens is 2. The lowest BCUT2D eigenvalue weighted by Crippen LogP contribution is -2.20. The number of imidazole rings is 1. The summed E-state index contributed by atoms with van der Waals surface area (Å²) in [5.74, 6) is 3.63. The molecular weight excluding hydrogens is 236 g/mol. The Kier molecular flexibility index (Phi) is 3.20. The largest absolute Gasteiger partial charge is 0.374 e. The highest BCUT2D eigenvalue weighted by atomic mass is 16.5. The summed E-state index contributed by atoms with van der Waals surface area (Å²) in [7, 11) is 0. The fourth-order valence-electron chi connectivity index (χ4n) is 3.73. The second-order valence-corrected chi connectivity index (χ2v) is 6.84. The van der Waals surface area contributed by atoms with Crippen LogP contribution in [0.5, 0.6) is 0 Å². The first-order valence-corrected chi connectivity index (χ1v) is 7.70. The summed E-state index contributed by atoms with van der Waals surface area (Å²) in [6.07, 6.45) is 2.88. The fraction of sp³-hybridized carbons (Fsp3) is 0.812. The second kappa shape index (κ2) is 4.62. The highest BCUT2D eigenvalue weighted by molar-refractivity contribution is 5.22. The van der Waals surface area contributed by atoms with Gasteiger partial charge in [0.05, 0.1) is 17.9 Å². The van der Waals surface area contributed by atoms with E-state index in [9.17, 15) is 0 Å². The van der Waals surface area contributed by atoms with Gasteiger partial charge in [-0.2, -0.15) is 0 Å². The number of fused-ring (bicyclic) bond motifs is 1. The van der Waals surface area contributed by atoms with Crippen molar-refractivity contribution in [1.29, 1.82) is 0 Å². The third-order valence-electron chi connectivity index (χ3n) is 5.45. The number of nitrogens with one attached hydrogen (secondary N) is 1. The van der Waals surface area contributed by atoms with Crippen LogP contribution in [0.1, 0.15) is 57.7 Å². The molecule has 1 N–H and O–H groups in total. The van der Waals surface area contributed by atoms with Crippen molar-refractivity contribution >= 4 is 0 Å². The predicted octanol–water partition coefficient (Wildman–Crippen LogP) is 3.31. The summed E-state index contributed by atoms with van der Waals surface area (Å²) < 4.78 is 5.95. The molecule has 0 radical (unpaired) electrons. The molecule has 1 saturated heterocycles. The molecule has 1 aromatic rings. The minimum absolute atomic E-state index is 0.271. The first-order valence-electron chi connectivity index (χ1n) is 7.70. The van der Waals surface area contributed by atoms with E-state index in [1.165, 1.54) is 11.4 Å².